The molecule has 3 rings (SSSR count). The maximum atomic E-state index is 4.00. The Balaban J connectivity index is 0.00000108. The lowest BCUT2D eigenvalue weighted by Gasteiger charge is -2.03. The fourth-order valence-electron chi connectivity index (χ4n) is 1.67. The molecular weight excluding hydrogens is 252 g/mol. The van der Waals surface area contributed by atoms with Crippen molar-refractivity contribution in [1.82, 2.24) is 4.98 Å². The third-order valence-electron chi connectivity index (χ3n) is 2.44. The molecule has 3 aromatic rings. The normalized spacial score (nSPS) is 9.88. The number of aromatic nitrogens is 1. The number of thiophene rings is 1. The molecule has 2 heterocycles. The molecule has 0 atom stereocenters. The molecule has 86 valence electrons. The van der Waals surface area contributed by atoms with Crippen LogP contribution in [-0.2, 0) is 0 Å². The topological polar surface area (TPSA) is 24.9 Å². The number of halogens is 1. The molecule has 0 aliphatic heterocycles. The number of nitrogens with one attached hydrogen (secondary N) is 1. The number of hydrogen-bond acceptors (Lipinski definition) is 3. The summed E-state index contributed by atoms with van der Waals surface area (Å²) in [5, 5.41) is 6.81. The molecule has 0 fully saturated rings. The van der Waals surface area contributed by atoms with E-state index in [0.29, 0.717) is 0 Å². The zero-order valence-electron chi connectivity index (χ0n) is 8.96. The van der Waals surface area contributed by atoms with Crippen LogP contribution in [0.5, 0.6) is 0 Å². The highest BCUT2D eigenvalue weighted by molar-refractivity contribution is 7.17. The van der Waals surface area contributed by atoms with Gasteiger partial charge < -0.3 is 5.32 Å². The summed E-state index contributed by atoms with van der Waals surface area (Å²) < 4.78 is 1.30. The molecule has 1 N–H and O–H groups in total. The minimum Gasteiger partial charge on any atom is -0.354 e. The van der Waals surface area contributed by atoms with E-state index in [1.165, 1.54) is 10.1 Å². The van der Waals surface area contributed by atoms with Gasteiger partial charge in [-0.25, -0.2) is 0 Å². The van der Waals surface area contributed by atoms with Crippen LogP contribution in [0, 0.1) is 0 Å². The third kappa shape index (κ3) is 2.40. The number of nitrogens with zero attached hydrogens (tertiary/aromatic N) is 1. The lowest BCUT2D eigenvalue weighted by Crippen LogP contribution is -1.88. The van der Waals surface area contributed by atoms with Crippen LogP contribution in [0.25, 0.3) is 10.1 Å². The van der Waals surface area contributed by atoms with Gasteiger partial charge in [0, 0.05) is 33.5 Å². The lowest BCUT2D eigenvalue weighted by atomic mass is 10.2. The fourth-order valence-corrected chi connectivity index (χ4v) is 2.56. The molecule has 2 aromatic heterocycles. The Kier molecular flexibility index (Phi) is 3.61. The van der Waals surface area contributed by atoms with E-state index in [9.17, 15) is 0 Å². The second-order valence-electron chi connectivity index (χ2n) is 3.51. The Morgan fingerprint density at radius 2 is 1.76 bits per heavy atom. The molecular formula is C13H11ClN2S. The van der Waals surface area contributed by atoms with Crippen LogP contribution < -0.4 is 5.32 Å². The van der Waals surface area contributed by atoms with E-state index in [1.54, 1.807) is 23.7 Å². The fraction of sp³-hybridized carbons (Fsp3) is 0. The zero-order chi connectivity index (χ0) is 10.8. The smallest absolute Gasteiger partial charge is 0.0572 e. The zero-order valence-corrected chi connectivity index (χ0v) is 10.6. The first kappa shape index (κ1) is 11.9. The van der Waals surface area contributed by atoms with Crippen molar-refractivity contribution >= 4 is 45.2 Å². The van der Waals surface area contributed by atoms with Gasteiger partial charge in [-0.05, 0) is 18.2 Å². The van der Waals surface area contributed by atoms with Crippen molar-refractivity contribution in [2.45, 2.75) is 0 Å². The summed E-state index contributed by atoms with van der Waals surface area (Å²) in [6.07, 6.45) is 3.58. The number of pyridine rings is 1. The predicted octanol–water partition coefficient (Wildman–Crippen LogP) is 4.46. The van der Waals surface area contributed by atoms with Crippen LogP contribution in [0.15, 0.2) is 54.2 Å². The number of hydrogen-bond donors (Lipinski definition) is 1. The van der Waals surface area contributed by atoms with Gasteiger partial charge in [-0.15, -0.1) is 23.7 Å². The number of benzene rings is 1. The van der Waals surface area contributed by atoms with Gasteiger partial charge >= 0.3 is 0 Å². The van der Waals surface area contributed by atoms with Gasteiger partial charge in [0.1, 0.15) is 0 Å². The first-order valence-corrected chi connectivity index (χ1v) is 5.95. The molecule has 0 saturated carbocycles. The van der Waals surface area contributed by atoms with Crippen LogP contribution in [0.2, 0.25) is 0 Å². The van der Waals surface area contributed by atoms with E-state index in [4.69, 9.17) is 0 Å². The van der Waals surface area contributed by atoms with E-state index in [0.717, 1.165) is 11.4 Å². The highest BCUT2D eigenvalue weighted by atomic mass is 35.5. The Hall–Kier alpha value is -1.58. The first-order chi connectivity index (χ1) is 7.93. The van der Waals surface area contributed by atoms with Gasteiger partial charge in [-0.3, -0.25) is 4.98 Å². The Bertz CT molecular complexity index is 607. The lowest BCUT2D eigenvalue weighted by molar-refractivity contribution is 1.33. The maximum Gasteiger partial charge on any atom is 0.0572 e. The molecule has 0 bridgehead atoms. The summed E-state index contributed by atoms with van der Waals surface area (Å²) in [5.74, 6) is 0. The van der Waals surface area contributed by atoms with Crippen molar-refractivity contribution in [1.29, 1.82) is 0 Å². The highest BCUT2D eigenvalue weighted by Gasteiger charge is 2.02. The van der Waals surface area contributed by atoms with Crippen LogP contribution in [0.4, 0.5) is 11.4 Å². The van der Waals surface area contributed by atoms with Gasteiger partial charge in [0.05, 0.1) is 5.69 Å². The van der Waals surface area contributed by atoms with Gasteiger partial charge in [-0.1, -0.05) is 18.2 Å². The average Bonchev–Trinajstić information content (AvgIpc) is 2.74. The standard InChI is InChI=1S/C13H10N2S.ClH/c1-2-4-13-11(3-1)12(9-16-13)15-10-5-7-14-8-6-10;/h1-9H,(H,14,15);1H. The molecule has 0 spiro atoms. The molecule has 1 aromatic carbocycles. The Labute approximate surface area is 110 Å². The average molecular weight is 263 g/mol. The van der Waals surface area contributed by atoms with Crippen molar-refractivity contribution < 1.29 is 0 Å². The van der Waals surface area contributed by atoms with Crippen LogP contribution in [0.1, 0.15) is 0 Å². The minimum absolute atomic E-state index is 0. The van der Waals surface area contributed by atoms with Crippen LogP contribution in [-0.4, -0.2) is 4.98 Å². The van der Waals surface area contributed by atoms with Crippen molar-refractivity contribution in [3.63, 3.8) is 0 Å². The first-order valence-electron chi connectivity index (χ1n) is 5.07. The molecule has 4 heteroatoms. The molecule has 0 saturated heterocycles. The summed E-state index contributed by atoms with van der Waals surface area (Å²) in [6, 6.07) is 12.3. The summed E-state index contributed by atoms with van der Waals surface area (Å²) in [4.78, 5) is 4.00. The summed E-state index contributed by atoms with van der Waals surface area (Å²) in [6.45, 7) is 0. The quantitative estimate of drug-likeness (QED) is 0.737. The summed E-state index contributed by atoms with van der Waals surface area (Å²) >= 11 is 1.76. The summed E-state index contributed by atoms with van der Waals surface area (Å²) in [7, 11) is 0. The Morgan fingerprint density at radius 3 is 2.59 bits per heavy atom. The van der Waals surface area contributed by atoms with Crippen molar-refractivity contribution in [3.05, 3.63) is 54.2 Å². The van der Waals surface area contributed by atoms with E-state index in [1.807, 2.05) is 12.1 Å². The predicted molar refractivity (Wildman–Crippen MR) is 76.6 cm³/mol. The number of rotatable bonds is 2. The van der Waals surface area contributed by atoms with E-state index in [2.05, 4.69) is 39.9 Å². The Morgan fingerprint density at radius 1 is 1.00 bits per heavy atom. The van der Waals surface area contributed by atoms with Gasteiger partial charge in [0.25, 0.3) is 0 Å². The number of fused-ring (bicyclic) bond motifs is 1. The molecule has 0 radical (unpaired) electrons. The largest absolute Gasteiger partial charge is 0.354 e. The van der Waals surface area contributed by atoms with Gasteiger partial charge in [0.2, 0.25) is 0 Å². The third-order valence-corrected chi connectivity index (χ3v) is 3.40. The number of anilines is 2. The highest BCUT2D eigenvalue weighted by Crippen LogP contribution is 2.31. The summed E-state index contributed by atoms with van der Waals surface area (Å²) in [5.41, 5.74) is 2.23. The maximum absolute atomic E-state index is 4.00. The molecule has 2 nitrogen and oxygen atoms in total. The molecule has 0 aliphatic carbocycles. The van der Waals surface area contributed by atoms with Gasteiger partial charge in [0.15, 0.2) is 0 Å². The van der Waals surface area contributed by atoms with Crippen molar-refractivity contribution in [2.75, 3.05) is 5.32 Å². The molecule has 17 heavy (non-hydrogen) atoms. The monoisotopic (exact) mass is 262 g/mol. The molecule has 0 amide bonds. The van der Waals surface area contributed by atoms with E-state index >= 15 is 0 Å². The van der Waals surface area contributed by atoms with E-state index < -0.39 is 0 Å². The second kappa shape index (κ2) is 5.17. The van der Waals surface area contributed by atoms with Gasteiger partial charge in [-0.2, -0.15) is 0 Å². The second-order valence-corrected chi connectivity index (χ2v) is 4.42. The van der Waals surface area contributed by atoms with Crippen molar-refractivity contribution in [3.8, 4) is 0 Å². The SMILES string of the molecule is Cl.c1ccc2c(Nc3ccncc3)csc2c1. The van der Waals surface area contributed by atoms with Crippen molar-refractivity contribution in [2.24, 2.45) is 0 Å². The van der Waals surface area contributed by atoms with Crippen LogP contribution >= 0.6 is 23.7 Å². The molecule has 0 aliphatic rings. The minimum atomic E-state index is 0. The molecule has 0 unspecified atom stereocenters. The van der Waals surface area contributed by atoms with E-state index in [-0.39, 0.29) is 12.4 Å². The van der Waals surface area contributed by atoms with Crippen LogP contribution in [0.3, 0.4) is 0 Å².